The Balaban J connectivity index is 2.03. The van der Waals surface area contributed by atoms with Crippen molar-refractivity contribution in [1.29, 1.82) is 0 Å². The van der Waals surface area contributed by atoms with Crippen molar-refractivity contribution in [2.75, 3.05) is 14.2 Å². The predicted octanol–water partition coefficient (Wildman–Crippen LogP) is 4.15. The molecule has 0 fully saturated rings. The van der Waals surface area contributed by atoms with Crippen LogP contribution in [0.4, 0.5) is 4.39 Å². The Morgan fingerprint density at radius 3 is 2.48 bits per heavy atom. The Hall–Kier alpha value is -2.36. The normalized spacial score (nSPS) is 17.3. The molecule has 0 amide bonds. The number of hydrogen-bond donors (Lipinski definition) is 0. The third-order valence-corrected chi connectivity index (χ3v) is 4.41. The van der Waals surface area contributed by atoms with E-state index in [-0.39, 0.29) is 11.6 Å². The maximum absolute atomic E-state index is 14.3. The van der Waals surface area contributed by atoms with Gasteiger partial charge in [-0.25, -0.2) is 4.39 Å². The third-order valence-electron chi connectivity index (χ3n) is 4.41. The minimum Gasteiger partial charge on any atom is -0.497 e. The van der Waals surface area contributed by atoms with E-state index >= 15 is 0 Å². The molecule has 120 valence electrons. The molecular weight excluding hydrogens is 295 g/mol. The molecule has 3 nitrogen and oxygen atoms in total. The van der Waals surface area contributed by atoms with Gasteiger partial charge in [-0.2, -0.15) is 0 Å². The van der Waals surface area contributed by atoms with Gasteiger partial charge in [0.2, 0.25) is 0 Å². The van der Waals surface area contributed by atoms with Gasteiger partial charge in [0.15, 0.2) is 5.78 Å². The lowest BCUT2D eigenvalue weighted by Crippen LogP contribution is -2.14. The lowest BCUT2D eigenvalue weighted by molar-refractivity contribution is 0.0955. The highest BCUT2D eigenvalue weighted by atomic mass is 19.1. The molecule has 1 aliphatic rings. The molecule has 3 rings (SSSR count). The molecule has 4 heteroatoms. The number of Topliss-reactive ketones (excluding diaryl/α,β-unsaturated/α-hetero) is 1. The van der Waals surface area contributed by atoms with Crippen LogP contribution in [0.2, 0.25) is 0 Å². The van der Waals surface area contributed by atoms with Gasteiger partial charge in [-0.15, -0.1) is 0 Å². The Morgan fingerprint density at radius 2 is 1.74 bits per heavy atom. The number of methoxy groups -OCH3 is 2. The number of aryl methyl sites for hydroxylation is 1. The number of benzene rings is 2. The minimum atomic E-state index is -0.472. The van der Waals surface area contributed by atoms with E-state index in [4.69, 9.17) is 9.47 Å². The topological polar surface area (TPSA) is 35.5 Å². The van der Waals surface area contributed by atoms with Crippen LogP contribution in [0, 0.1) is 5.82 Å². The molecule has 0 saturated carbocycles. The number of carbonyl (C=O) groups excluding carboxylic acids is 1. The van der Waals surface area contributed by atoms with E-state index in [2.05, 4.69) is 0 Å². The second-order valence-electron chi connectivity index (χ2n) is 5.72. The molecule has 0 spiro atoms. The number of halogens is 1. The minimum absolute atomic E-state index is 0.0349. The average molecular weight is 314 g/mol. The summed E-state index contributed by atoms with van der Waals surface area (Å²) >= 11 is 0. The molecule has 2 aromatic rings. The maximum atomic E-state index is 14.3. The Labute approximate surface area is 135 Å². The summed E-state index contributed by atoms with van der Waals surface area (Å²) in [4.78, 5) is 12.9. The van der Waals surface area contributed by atoms with Crippen molar-refractivity contribution in [1.82, 2.24) is 0 Å². The van der Waals surface area contributed by atoms with Gasteiger partial charge in [0.05, 0.1) is 20.1 Å². The molecule has 0 heterocycles. The summed E-state index contributed by atoms with van der Waals surface area (Å²) in [5, 5.41) is 0. The quantitative estimate of drug-likeness (QED) is 0.799. The highest BCUT2D eigenvalue weighted by Gasteiger charge is 2.29. The molecule has 2 aromatic carbocycles. The van der Waals surface area contributed by atoms with E-state index in [9.17, 15) is 9.18 Å². The van der Waals surface area contributed by atoms with Crippen LogP contribution in [0.15, 0.2) is 36.4 Å². The van der Waals surface area contributed by atoms with Gasteiger partial charge in [0.1, 0.15) is 17.3 Å². The SMILES string of the molecule is COc1ccc2c(c1)CCCC(c1cc(OC)ccc1F)C2=O. The summed E-state index contributed by atoms with van der Waals surface area (Å²) in [7, 11) is 3.14. The highest BCUT2D eigenvalue weighted by molar-refractivity contribution is 6.02. The fourth-order valence-corrected chi connectivity index (χ4v) is 3.17. The zero-order chi connectivity index (χ0) is 16.4. The summed E-state index contributed by atoms with van der Waals surface area (Å²) in [5.74, 6) is 0.434. The molecule has 0 aliphatic heterocycles. The van der Waals surface area contributed by atoms with E-state index in [0.717, 1.165) is 24.2 Å². The number of ether oxygens (including phenoxy) is 2. The van der Waals surface area contributed by atoms with Crippen molar-refractivity contribution in [3.63, 3.8) is 0 Å². The zero-order valence-electron chi connectivity index (χ0n) is 13.3. The van der Waals surface area contributed by atoms with Gasteiger partial charge in [-0.05, 0) is 61.2 Å². The Bertz CT molecular complexity index is 739. The van der Waals surface area contributed by atoms with Crippen LogP contribution in [-0.4, -0.2) is 20.0 Å². The molecule has 1 aliphatic carbocycles. The van der Waals surface area contributed by atoms with Gasteiger partial charge in [-0.1, -0.05) is 0 Å². The van der Waals surface area contributed by atoms with Crippen molar-refractivity contribution in [2.24, 2.45) is 0 Å². The lowest BCUT2D eigenvalue weighted by Gasteiger charge is -2.16. The van der Waals surface area contributed by atoms with Crippen molar-refractivity contribution in [2.45, 2.75) is 25.2 Å². The Kier molecular flexibility index (Phi) is 4.33. The first-order valence-corrected chi connectivity index (χ1v) is 7.68. The van der Waals surface area contributed by atoms with Gasteiger partial charge in [-0.3, -0.25) is 4.79 Å². The first kappa shape index (κ1) is 15.5. The van der Waals surface area contributed by atoms with Crippen LogP contribution >= 0.6 is 0 Å². The molecule has 0 saturated heterocycles. The van der Waals surface area contributed by atoms with Gasteiger partial charge < -0.3 is 9.47 Å². The van der Waals surface area contributed by atoms with E-state index < -0.39 is 5.92 Å². The molecular formula is C19H19FO3. The molecule has 0 bridgehead atoms. The molecule has 1 atom stereocenters. The van der Waals surface area contributed by atoms with Crippen molar-refractivity contribution >= 4 is 5.78 Å². The molecule has 23 heavy (non-hydrogen) atoms. The van der Waals surface area contributed by atoms with Gasteiger partial charge in [0, 0.05) is 11.1 Å². The Morgan fingerprint density at radius 1 is 1.04 bits per heavy atom. The third kappa shape index (κ3) is 2.93. The number of ketones is 1. The summed E-state index contributed by atoms with van der Waals surface area (Å²) in [5.41, 5.74) is 2.05. The lowest BCUT2D eigenvalue weighted by atomic mass is 9.88. The maximum Gasteiger partial charge on any atom is 0.170 e. The fraction of sp³-hybridized carbons (Fsp3) is 0.316. The van der Waals surface area contributed by atoms with Gasteiger partial charge in [0.25, 0.3) is 0 Å². The standard InChI is InChI=1S/C19H19FO3/c1-22-13-6-8-15-12(10-13)4-3-5-16(19(15)21)17-11-14(23-2)7-9-18(17)20/h6-11,16H,3-5H2,1-2H3. The second kappa shape index (κ2) is 6.41. The van der Waals surface area contributed by atoms with Gasteiger partial charge >= 0.3 is 0 Å². The molecule has 1 unspecified atom stereocenters. The van der Waals surface area contributed by atoms with E-state index in [1.807, 2.05) is 6.07 Å². The first-order chi connectivity index (χ1) is 11.1. The molecule has 0 aromatic heterocycles. The van der Waals surface area contributed by atoms with Crippen LogP contribution in [-0.2, 0) is 6.42 Å². The van der Waals surface area contributed by atoms with E-state index in [1.54, 1.807) is 31.4 Å². The smallest absolute Gasteiger partial charge is 0.170 e. The van der Waals surface area contributed by atoms with Crippen LogP contribution in [0.3, 0.4) is 0 Å². The number of rotatable bonds is 3. The summed E-state index contributed by atoms with van der Waals surface area (Å²) in [6.45, 7) is 0. The molecule has 0 N–H and O–H groups in total. The van der Waals surface area contributed by atoms with Crippen LogP contribution in [0.25, 0.3) is 0 Å². The summed E-state index contributed by atoms with van der Waals surface area (Å²) in [6.07, 6.45) is 2.24. The largest absolute Gasteiger partial charge is 0.497 e. The van der Waals surface area contributed by atoms with Crippen molar-refractivity contribution in [3.8, 4) is 11.5 Å². The van der Waals surface area contributed by atoms with E-state index in [0.29, 0.717) is 23.3 Å². The van der Waals surface area contributed by atoms with Crippen molar-refractivity contribution < 1.29 is 18.7 Å². The first-order valence-electron chi connectivity index (χ1n) is 7.68. The highest BCUT2D eigenvalue weighted by Crippen LogP contribution is 2.35. The number of hydrogen-bond acceptors (Lipinski definition) is 3. The summed E-state index contributed by atoms with van der Waals surface area (Å²) < 4.78 is 24.7. The van der Waals surface area contributed by atoms with Crippen LogP contribution in [0.5, 0.6) is 11.5 Å². The predicted molar refractivity (Wildman–Crippen MR) is 86.0 cm³/mol. The fourth-order valence-electron chi connectivity index (χ4n) is 3.17. The van der Waals surface area contributed by atoms with Crippen LogP contribution < -0.4 is 9.47 Å². The van der Waals surface area contributed by atoms with E-state index in [1.165, 1.54) is 13.2 Å². The van der Waals surface area contributed by atoms with Crippen molar-refractivity contribution in [3.05, 3.63) is 58.9 Å². The average Bonchev–Trinajstić information content (AvgIpc) is 2.74. The summed E-state index contributed by atoms with van der Waals surface area (Å²) in [6, 6.07) is 10.0. The second-order valence-corrected chi connectivity index (χ2v) is 5.72. The monoisotopic (exact) mass is 314 g/mol. The number of fused-ring (bicyclic) bond motifs is 1. The number of carbonyl (C=O) groups is 1. The molecule has 0 radical (unpaired) electrons. The zero-order valence-corrected chi connectivity index (χ0v) is 13.3. The van der Waals surface area contributed by atoms with Crippen LogP contribution in [0.1, 0.15) is 40.2 Å².